The molecule has 134 valence electrons. The first kappa shape index (κ1) is 17.9. The molecule has 0 unspecified atom stereocenters. The van der Waals surface area contributed by atoms with Crippen molar-refractivity contribution < 1.29 is 14.3 Å². The number of rotatable bonds is 4. The van der Waals surface area contributed by atoms with Crippen LogP contribution in [0.3, 0.4) is 0 Å². The molecule has 0 saturated carbocycles. The van der Waals surface area contributed by atoms with Crippen LogP contribution in [0, 0.1) is 0 Å². The molecule has 5 nitrogen and oxygen atoms in total. The SMILES string of the molecule is COc1ccc(C=CC(=O)NC(=S)N2CCc3ccccc32)cc1OC. The molecule has 0 spiro atoms. The van der Waals surface area contributed by atoms with Gasteiger partial charge in [-0.1, -0.05) is 24.3 Å². The van der Waals surface area contributed by atoms with Crippen molar-refractivity contribution in [1.82, 2.24) is 5.32 Å². The van der Waals surface area contributed by atoms with Crippen molar-refractivity contribution in [3.8, 4) is 11.5 Å². The second kappa shape index (κ2) is 8.01. The summed E-state index contributed by atoms with van der Waals surface area (Å²) in [4.78, 5) is 14.2. The molecule has 1 heterocycles. The number of anilines is 1. The van der Waals surface area contributed by atoms with Crippen LogP contribution in [0.2, 0.25) is 0 Å². The number of para-hydroxylation sites is 1. The van der Waals surface area contributed by atoms with Gasteiger partial charge in [0.1, 0.15) is 0 Å². The Balaban J connectivity index is 1.64. The Labute approximate surface area is 158 Å². The summed E-state index contributed by atoms with van der Waals surface area (Å²) in [5.41, 5.74) is 3.13. The van der Waals surface area contributed by atoms with Crippen molar-refractivity contribution >= 4 is 35.0 Å². The van der Waals surface area contributed by atoms with E-state index in [2.05, 4.69) is 11.4 Å². The number of amides is 1. The minimum atomic E-state index is -0.269. The van der Waals surface area contributed by atoms with Gasteiger partial charge in [0.25, 0.3) is 0 Å². The minimum Gasteiger partial charge on any atom is -0.493 e. The van der Waals surface area contributed by atoms with Crippen LogP contribution in [0.25, 0.3) is 6.08 Å². The zero-order valence-electron chi connectivity index (χ0n) is 14.7. The van der Waals surface area contributed by atoms with E-state index < -0.39 is 0 Å². The van der Waals surface area contributed by atoms with Crippen LogP contribution in [-0.2, 0) is 11.2 Å². The molecule has 26 heavy (non-hydrogen) atoms. The molecule has 0 aromatic heterocycles. The van der Waals surface area contributed by atoms with Gasteiger partial charge in [0.2, 0.25) is 5.91 Å². The highest BCUT2D eigenvalue weighted by molar-refractivity contribution is 7.80. The summed E-state index contributed by atoms with van der Waals surface area (Å²) in [5, 5.41) is 3.17. The van der Waals surface area contributed by atoms with Gasteiger partial charge in [0.05, 0.1) is 14.2 Å². The van der Waals surface area contributed by atoms with Gasteiger partial charge >= 0.3 is 0 Å². The Hall–Kier alpha value is -2.86. The maximum atomic E-state index is 12.2. The first-order valence-corrected chi connectivity index (χ1v) is 8.63. The van der Waals surface area contributed by atoms with Crippen molar-refractivity contribution in [1.29, 1.82) is 0 Å². The number of hydrogen-bond donors (Lipinski definition) is 1. The second-order valence-electron chi connectivity index (χ2n) is 5.77. The molecule has 3 rings (SSSR count). The predicted octanol–water partition coefficient (Wildman–Crippen LogP) is 3.18. The van der Waals surface area contributed by atoms with Crippen molar-refractivity contribution in [2.24, 2.45) is 0 Å². The lowest BCUT2D eigenvalue weighted by molar-refractivity contribution is -0.115. The first-order valence-electron chi connectivity index (χ1n) is 8.23. The van der Waals surface area contributed by atoms with Crippen LogP contribution in [0.1, 0.15) is 11.1 Å². The molecule has 2 aromatic carbocycles. The molecule has 1 amide bonds. The number of carbonyl (C=O) groups is 1. The lowest BCUT2D eigenvalue weighted by atomic mass is 10.2. The van der Waals surface area contributed by atoms with Gasteiger partial charge in [-0.25, -0.2) is 0 Å². The second-order valence-corrected chi connectivity index (χ2v) is 6.16. The van der Waals surface area contributed by atoms with Crippen molar-refractivity contribution in [3.05, 3.63) is 59.7 Å². The molecule has 2 aromatic rings. The number of methoxy groups -OCH3 is 2. The first-order chi connectivity index (χ1) is 12.6. The molecule has 1 aliphatic rings. The number of hydrogen-bond acceptors (Lipinski definition) is 4. The zero-order valence-corrected chi connectivity index (χ0v) is 15.5. The molecule has 1 N–H and O–H groups in total. The Kier molecular flexibility index (Phi) is 5.53. The number of carbonyl (C=O) groups excluding carboxylic acids is 1. The molecule has 6 heteroatoms. The molecule has 0 atom stereocenters. The summed E-state index contributed by atoms with van der Waals surface area (Å²) in [7, 11) is 3.16. The van der Waals surface area contributed by atoms with Crippen LogP contribution in [0.4, 0.5) is 5.69 Å². The fourth-order valence-corrected chi connectivity index (χ4v) is 3.18. The van der Waals surface area contributed by atoms with Gasteiger partial charge in [-0.15, -0.1) is 0 Å². The van der Waals surface area contributed by atoms with E-state index >= 15 is 0 Å². The normalized spacial score (nSPS) is 12.8. The minimum absolute atomic E-state index is 0.269. The van der Waals surface area contributed by atoms with Crippen LogP contribution >= 0.6 is 12.2 Å². The van der Waals surface area contributed by atoms with E-state index in [1.807, 2.05) is 29.2 Å². The Morgan fingerprint density at radius 1 is 1.15 bits per heavy atom. The maximum absolute atomic E-state index is 12.2. The van der Waals surface area contributed by atoms with Gasteiger partial charge in [-0.05, 0) is 54.0 Å². The zero-order chi connectivity index (χ0) is 18.5. The standard InChI is InChI=1S/C20H20N2O3S/c1-24-17-9-7-14(13-18(17)25-2)8-10-19(23)21-20(26)22-12-11-15-5-3-4-6-16(15)22/h3-10,13H,11-12H2,1-2H3,(H,21,23,26). The molecule has 1 aliphatic heterocycles. The molecule has 0 fully saturated rings. The fraction of sp³-hybridized carbons (Fsp3) is 0.200. The summed E-state index contributed by atoms with van der Waals surface area (Å²) in [6.45, 7) is 0.776. The van der Waals surface area contributed by atoms with Crippen LogP contribution in [-0.4, -0.2) is 31.8 Å². The van der Waals surface area contributed by atoms with Gasteiger partial charge in [0, 0.05) is 18.3 Å². The molecular weight excluding hydrogens is 348 g/mol. The molecule has 0 bridgehead atoms. The Morgan fingerprint density at radius 2 is 1.92 bits per heavy atom. The van der Waals surface area contributed by atoms with E-state index in [1.165, 1.54) is 11.6 Å². The number of nitrogens with one attached hydrogen (secondary N) is 1. The van der Waals surface area contributed by atoms with E-state index in [-0.39, 0.29) is 5.91 Å². The summed E-state index contributed by atoms with van der Waals surface area (Å²) >= 11 is 5.39. The lowest BCUT2D eigenvalue weighted by Crippen LogP contribution is -2.41. The van der Waals surface area contributed by atoms with E-state index in [0.29, 0.717) is 16.6 Å². The van der Waals surface area contributed by atoms with E-state index in [0.717, 1.165) is 24.2 Å². The maximum Gasteiger partial charge on any atom is 0.250 e. The van der Waals surface area contributed by atoms with Gasteiger partial charge in [0.15, 0.2) is 16.6 Å². The number of fused-ring (bicyclic) bond motifs is 1. The average molecular weight is 368 g/mol. The predicted molar refractivity (Wildman–Crippen MR) is 107 cm³/mol. The average Bonchev–Trinajstić information content (AvgIpc) is 3.10. The largest absolute Gasteiger partial charge is 0.493 e. The smallest absolute Gasteiger partial charge is 0.250 e. The highest BCUT2D eigenvalue weighted by atomic mass is 32.1. The fourth-order valence-electron chi connectivity index (χ4n) is 2.89. The molecule has 0 saturated heterocycles. The highest BCUT2D eigenvalue weighted by Crippen LogP contribution is 2.28. The highest BCUT2D eigenvalue weighted by Gasteiger charge is 2.22. The quantitative estimate of drug-likeness (QED) is 0.664. The Bertz CT molecular complexity index is 864. The third-order valence-electron chi connectivity index (χ3n) is 4.20. The molecule has 0 radical (unpaired) electrons. The molecular formula is C20H20N2O3S. The van der Waals surface area contributed by atoms with E-state index in [4.69, 9.17) is 21.7 Å². The van der Waals surface area contributed by atoms with Gasteiger partial charge in [-0.3, -0.25) is 10.1 Å². The summed E-state index contributed by atoms with van der Waals surface area (Å²) < 4.78 is 10.5. The third kappa shape index (κ3) is 3.86. The lowest BCUT2D eigenvalue weighted by Gasteiger charge is -2.19. The third-order valence-corrected chi connectivity index (χ3v) is 4.52. The van der Waals surface area contributed by atoms with Crippen molar-refractivity contribution in [2.45, 2.75) is 6.42 Å². The van der Waals surface area contributed by atoms with Gasteiger partial charge in [-0.2, -0.15) is 0 Å². The topological polar surface area (TPSA) is 50.8 Å². The summed E-state index contributed by atoms with van der Waals surface area (Å²) in [6, 6.07) is 13.5. The van der Waals surface area contributed by atoms with E-state index in [1.54, 1.807) is 32.4 Å². The van der Waals surface area contributed by atoms with Crippen LogP contribution in [0.15, 0.2) is 48.5 Å². The van der Waals surface area contributed by atoms with Crippen molar-refractivity contribution in [3.63, 3.8) is 0 Å². The molecule has 0 aliphatic carbocycles. The summed E-state index contributed by atoms with van der Waals surface area (Å²) in [5.74, 6) is 0.983. The number of benzene rings is 2. The van der Waals surface area contributed by atoms with E-state index in [9.17, 15) is 4.79 Å². The van der Waals surface area contributed by atoms with Crippen LogP contribution in [0.5, 0.6) is 11.5 Å². The number of nitrogens with zero attached hydrogens (tertiary/aromatic N) is 1. The van der Waals surface area contributed by atoms with Crippen LogP contribution < -0.4 is 19.7 Å². The Morgan fingerprint density at radius 3 is 2.69 bits per heavy atom. The van der Waals surface area contributed by atoms with Gasteiger partial charge < -0.3 is 14.4 Å². The monoisotopic (exact) mass is 368 g/mol. The number of thiocarbonyl (C=S) groups is 1. The number of ether oxygens (including phenoxy) is 2. The van der Waals surface area contributed by atoms with Crippen molar-refractivity contribution in [2.75, 3.05) is 25.7 Å². The summed E-state index contributed by atoms with van der Waals surface area (Å²) in [6.07, 6.45) is 4.08.